The molecule has 0 aromatic heterocycles. The number of hydrogen-bond acceptors (Lipinski definition) is 3. The predicted octanol–water partition coefficient (Wildman–Crippen LogP) is 2.84. The molecule has 0 aliphatic rings. The molecule has 0 saturated carbocycles. The molecule has 0 aliphatic heterocycles. The van der Waals surface area contributed by atoms with Gasteiger partial charge in [-0.05, 0) is 23.8 Å². The maximum Gasteiger partial charge on any atom is 0.221 e. The van der Waals surface area contributed by atoms with Crippen molar-refractivity contribution in [2.75, 3.05) is 16.4 Å². The second kappa shape index (κ2) is 5.91. The van der Waals surface area contributed by atoms with Gasteiger partial charge in [0, 0.05) is 19.2 Å². The summed E-state index contributed by atoms with van der Waals surface area (Å²) in [6, 6.07) is 15.6. The zero-order valence-electron chi connectivity index (χ0n) is 10.8. The van der Waals surface area contributed by atoms with Crippen LogP contribution in [0.2, 0.25) is 0 Å². The molecular weight excluding hydrogens is 238 g/mol. The molecule has 0 bridgehead atoms. The lowest BCUT2D eigenvalue weighted by Gasteiger charge is -2.11. The molecule has 1 amide bonds. The maximum absolute atomic E-state index is 11.1. The van der Waals surface area contributed by atoms with Crippen LogP contribution in [0.4, 0.5) is 17.1 Å². The zero-order chi connectivity index (χ0) is 13.7. The lowest BCUT2D eigenvalue weighted by Crippen LogP contribution is -2.08. The molecule has 98 valence electrons. The molecule has 0 aliphatic carbocycles. The van der Waals surface area contributed by atoms with Crippen LogP contribution in [0.15, 0.2) is 48.5 Å². The lowest BCUT2D eigenvalue weighted by molar-refractivity contribution is -0.114. The van der Waals surface area contributed by atoms with E-state index < -0.39 is 0 Å². The Kier molecular flexibility index (Phi) is 4.03. The molecule has 4 nitrogen and oxygen atoms in total. The third kappa shape index (κ3) is 3.74. The quantitative estimate of drug-likeness (QED) is 0.736. The highest BCUT2D eigenvalue weighted by atomic mass is 16.1. The van der Waals surface area contributed by atoms with Gasteiger partial charge in [0.05, 0.1) is 11.4 Å². The summed E-state index contributed by atoms with van der Waals surface area (Å²) in [5.41, 5.74) is 9.10. The van der Waals surface area contributed by atoms with Crippen molar-refractivity contribution in [3.05, 3.63) is 54.1 Å². The standard InChI is InChI=1S/C15H17N3O/c1-11(19)18-15-9-13(7-8-14(15)16)17-10-12-5-3-2-4-6-12/h2-9,17H,10,16H2,1H3,(H,18,19). The first-order chi connectivity index (χ1) is 9.15. The van der Waals surface area contributed by atoms with E-state index in [4.69, 9.17) is 5.73 Å². The minimum absolute atomic E-state index is 0.132. The topological polar surface area (TPSA) is 67.2 Å². The fourth-order valence-electron chi connectivity index (χ4n) is 1.76. The summed E-state index contributed by atoms with van der Waals surface area (Å²) in [5.74, 6) is -0.132. The summed E-state index contributed by atoms with van der Waals surface area (Å²) < 4.78 is 0. The Morgan fingerprint density at radius 3 is 2.58 bits per heavy atom. The highest BCUT2D eigenvalue weighted by Crippen LogP contribution is 2.23. The summed E-state index contributed by atoms with van der Waals surface area (Å²) in [4.78, 5) is 11.1. The van der Waals surface area contributed by atoms with E-state index in [1.54, 1.807) is 6.07 Å². The van der Waals surface area contributed by atoms with Crippen LogP contribution >= 0.6 is 0 Å². The minimum Gasteiger partial charge on any atom is -0.397 e. The van der Waals surface area contributed by atoms with Crippen LogP contribution in [-0.4, -0.2) is 5.91 Å². The molecule has 0 atom stereocenters. The smallest absolute Gasteiger partial charge is 0.221 e. The third-order valence-electron chi connectivity index (χ3n) is 2.70. The SMILES string of the molecule is CC(=O)Nc1cc(NCc2ccccc2)ccc1N. The van der Waals surface area contributed by atoms with Crippen LogP contribution in [-0.2, 0) is 11.3 Å². The number of nitrogens with two attached hydrogens (primary N) is 1. The molecule has 0 heterocycles. The highest BCUT2D eigenvalue weighted by Gasteiger charge is 2.02. The molecule has 2 rings (SSSR count). The molecular formula is C15H17N3O. The molecule has 19 heavy (non-hydrogen) atoms. The Bertz CT molecular complexity index is 567. The molecule has 4 heteroatoms. The van der Waals surface area contributed by atoms with Crippen LogP contribution in [0, 0.1) is 0 Å². The van der Waals surface area contributed by atoms with Crippen molar-refractivity contribution < 1.29 is 4.79 Å². The number of amides is 1. The first-order valence-corrected chi connectivity index (χ1v) is 6.10. The molecule has 2 aromatic rings. The Labute approximate surface area is 112 Å². The van der Waals surface area contributed by atoms with Crippen molar-refractivity contribution >= 4 is 23.0 Å². The number of benzene rings is 2. The molecule has 4 N–H and O–H groups in total. The highest BCUT2D eigenvalue weighted by molar-refractivity contribution is 5.93. The van der Waals surface area contributed by atoms with Crippen LogP contribution in [0.25, 0.3) is 0 Å². The van der Waals surface area contributed by atoms with Crippen molar-refractivity contribution in [2.45, 2.75) is 13.5 Å². The molecule has 2 aromatic carbocycles. The molecule has 0 unspecified atom stereocenters. The number of rotatable bonds is 4. The second-order valence-corrected chi connectivity index (χ2v) is 4.32. The first kappa shape index (κ1) is 13.0. The van der Waals surface area contributed by atoms with E-state index in [0.29, 0.717) is 11.4 Å². The lowest BCUT2D eigenvalue weighted by atomic mass is 10.2. The van der Waals surface area contributed by atoms with Gasteiger partial charge in [0.2, 0.25) is 5.91 Å². The van der Waals surface area contributed by atoms with Gasteiger partial charge in [0.25, 0.3) is 0 Å². The van der Waals surface area contributed by atoms with Gasteiger partial charge >= 0.3 is 0 Å². The van der Waals surface area contributed by atoms with E-state index in [-0.39, 0.29) is 5.91 Å². The maximum atomic E-state index is 11.1. The largest absolute Gasteiger partial charge is 0.397 e. The van der Waals surface area contributed by atoms with E-state index in [0.717, 1.165) is 12.2 Å². The summed E-state index contributed by atoms with van der Waals surface area (Å²) in [6.45, 7) is 2.19. The number of nitrogens with one attached hydrogen (secondary N) is 2. The van der Waals surface area contributed by atoms with Gasteiger partial charge in [-0.1, -0.05) is 30.3 Å². The summed E-state index contributed by atoms with van der Waals surface area (Å²) in [7, 11) is 0. The summed E-state index contributed by atoms with van der Waals surface area (Å²) in [5, 5.41) is 6.00. The van der Waals surface area contributed by atoms with Crippen molar-refractivity contribution in [1.29, 1.82) is 0 Å². The minimum atomic E-state index is -0.132. The number of nitrogen functional groups attached to an aromatic ring is 1. The zero-order valence-corrected chi connectivity index (χ0v) is 10.8. The Morgan fingerprint density at radius 2 is 1.89 bits per heavy atom. The second-order valence-electron chi connectivity index (χ2n) is 4.32. The van der Waals surface area contributed by atoms with E-state index >= 15 is 0 Å². The Morgan fingerprint density at radius 1 is 1.16 bits per heavy atom. The van der Waals surface area contributed by atoms with Crippen molar-refractivity contribution in [3.8, 4) is 0 Å². The first-order valence-electron chi connectivity index (χ1n) is 6.10. The van der Waals surface area contributed by atoms with Crippen LogP contribution in [0.5, 0.6) is 0 Å². The molecule has 0 spiro atoms. The van der Waals surface area contributed by atoms with E-state index in [2.05, 4.69) is 22.8 Å². The molecule has 0 fully saturated rings. The normalized spacial score (nSPS) is 9.95. The van der Waals surface area contributed by atoms with Crippen molar-refractivity contribution in [1.82, 2.24) is 0 Å². The average molecular weight is 255 g/mol. The molecule has 0 radical (unpaired) electrons. The van der Waals surface area contributed by atoms with Gasteiger partial charge in [-0.25, -0.2) is 0 Å². The van der Waals surface area contributed by atoms with Gasteiger partial charge in [0.15, 0.2) is 0 Å². The van der Waals surface area contributed by atoms with Crippen LogP contribution in [0.1, 0.15) is 12.5 Å². The predicted molar refractivity (Wildman–Crippen MR) is 78.9 cm³/mol. The van der Waals surface area contributed by atoms with Gasteiger partial charge < -0.3 is 16.4 Å². The van der Waals surface area contributed by atoms with E-state index in [1.165, 1.54) is 12.5 Å². The van der Waals surface area contributed by atoms with Gasteiger partial charge in [-0.3, -0.25) is 4.79 Å². The van der Waals surface area contributed by atoms with Gasteiger partial charge in [0.1, 0.15) is 0 Å². The van der Waals surface area contributed by atoms with Crippen molar-refractivity contribution in [3.63, 3.8) is 0 Å². The number of anilines is 3. The number of carbonyl (C=O) groups excluding carboxylic acids is 1. The Balaban J connectivity index is 2.06. The number of carbonyl (C=O) groups is 1. The van der Waals surface area contributed by atoms with Gasteiger partial charge in [-0.15, -0.1) is 0 Å². The third-order valence-corrected chi connectivity index (χ3v) is 2.70. The van der Waals surface area contributed by atoms with Crippen LogP contribution < -0.4 is 16.4 Å². The fourth-order valence-corrected chi connectivity index (χ4v) is 1.76. The fraction of sp³-hybridized carbons (Fsp3) is 0.133. The van der Waals surface area contributed by atoms with Crippen molar-refractivity contribution in [2.24, 2.45) is 0 Å². The van der Waals surface area contributed by atoms with E-state index in [9.17, 15) is 4.79 Å². The van der Waals surface area contributed by atoms with Crippen LogP contribution in [0.3, 0.4) is 0 Å². The Hall–Kier alpha value is -2.49. The number of hydrogen-bond donors (Lipinski definition) is 3. The summed E-state index contributed by atoms with van der Waals surface area (Å²) >= 11 is 0. The monoisotopic (exact) mass is 255 g/mol. The summed E-state index contributed by atoms with van der Waals surface area (Å²) in [6.07, 6.45) is 0. The molecule has 0 saturated heterocycles. The van der Waals surface area contributed by atoms with E-state index in [1.807, 2.05) is 30.3 Å². The average Bonchev–Trinajstić information content (AvgIpc) is 2.40. The van der Waals surface area contributed by atoms with Gasteiger partial charge in [-0.2, -0.15) is 0 Å².